The first-order valence-electron chi connectivity index (χ1n) is 13.3. The number of hydrogen-bond donors (Lipinski definition) is 1. The topological polar surface area (TPSA) is 59.0 Å². The molecule has 3 aliphatic rings. The Hall–Kier alpha value is -2.45. The number of carbonyl (C=O) groups is 1. The van der Waals surface area contributed by atoms with E-state index in [0.717, 1.165) is 55.4 Å². The summed E-state index contributed by atoms with van der Waals surface area (Å²) in [5.74, 6) is -0.241. The van der Waals surface area contributed by atoms with Crippen molar-refractivity contribution in [2.75, 3.05) is 13.1 Å². The van der Waals surface area contributed by atoms with Crippen molar-refractivity contribution >= 4 is 17.6 Å². The van der Waals surface area contributed by atoms with Crippen LogP contribution in [0.1, 0.15) is 74.6 Å². The molecule has 0 unspecified atom stereocenters. The minimum absolute atomic E-state index is 0.0206. The fourth-order valence-electron chi connectivity index (χ4n) is 6.24. The number of nitrogens with zero attached hydrogens (tertiary/aromatic N) is 1. The maximum Gasteiger partial charge on any atom is 0.573 e. The van der Waals surface area contributed by atoms with E-state index in [1.165, 1.54) is 12.1 Å². The van der Waals surface area contributed by atoms with E-state index >= 15 is 0 Å². The highest BCUT2D eigenvalue weighted by atomic mass is 35.5. The predicted octanol–water partition coefficient (Wildman–Crippen LogP) is 7.37. The second-order valence-corrected chi connectivity index (χ2v) is 11.5. The van der Waals surface area contributed by atoms with Gasteiger partial charge in [0.05, 0.1) is 5.92 Å². The third kappa shape index (κ3) is 5.76. The molecule has 2 fully saturated rings. The van der Waals surface area contributed by atoms with E-state index in [0.29, 0.717) is 29.6 Å². The zero-order valence-corrected chi connectivity index (χ0v) is 22.3. The number of aryl methyl sites for hydroxylation is 1. The lowest BCUT2D eigenvalue weighted by molar-refractivity contribution is -0.275. The standard InChI is InChI=1S/C29H33ClF3NO4/c1-17(27(35)36)26(20-4-5-20)21-6-3-19-9-10-28(37-25(19)15-21)11-13-34(14-12-28)18(2)23-16-22(30)7-8-24(23)38-29(31,32)33/h3,6-8,15-18,20,26H,4-5,9-14H2,1-2H3,(H,35,36)/t17-,18+,26-/m0/s1. The van der Waals surface area contributed by atoms with Crippen LogP contribution in [0, 0.1) is 11.8 Å². The molecule has 3 atom stereocenters. The van der Waals surface area contributed by atoms with Crippen molar-refractivity contribution in [1.82, 2.24) is 4.90 Å². The molecule has 2 heterocycles. The first-order valence-corrected chi connectivity index (χ1v) is 13.7. The van der Waals surface area contributed by atoms with Crippen LogP contribution in [-0.2, 0) is 11.2 Å². The summed E-state index contributed by atoms with van der Waals surface area (Å²) in [4.78, 5) is 13.9. The van der Waals surface area contributed by atoms with E-state index in [1.807, 2.05) is 6.92 Å². The molecule has 2 aliphatic heterocycles. The molecule has 2 aromatic rings. The highest BCUT2D eigenvalue weighted by Crippen LogP contribution is 2.49. The Kier molecular flexibility index (Phi) is 7.33. The highest BCUT2D eigenvalue weighted by Gasteiger charge is 2.43. The number of carboxylic acid groups (broad SMARTS) is 1. The number of carboxylic acids is 1. The summed E-state index contributed by atoms with van der Waals surface area (Å²) in [5.41, 5.74) is 2.24. The van der Waals surface area contributed by atoms with Gasteiger partial charge >= 0.3 is 12.3 Å². The zero-order chi connectivity index (χ0) is 27.2. The lowest BCUT2D eigenvalue weighted by Gasteiger charge is -2.46. The molecule has 0 radical (unpaired) electrons. The summed E-state index contributed by atoms with van der Waals surface area (Å²) >= 11 is 6.12. The second-order valence-electron chi connectivity index (χ2n) is 11.1. The van der Waals surface area contributed by atoms with Gasteiger partial charge in [0.15, 0.2) is 0 Å². The van der Waals surface area contributed by atoms with Gasteiger partial charge in [-0.1, -0.05) is 30.7 Å². The van der Waals surface area contributed by atoms with E-state index in [-0.39, 0.29) is 23.3 Å². The summed E-state index contributed by atoms with van der Waals surface area (Å²) in [6.07, 6.45) is 0.575. The predicted molar refractivity (Wildman–Crippen MR) is 138 cm³/mol. The largest absolute Gasteiger partial charge is 0.573 e. The van der Waals surface area contributed by atoms with Crippen molar-refractivity contribution in [3.05, 3.63) is 58.1 Å². The van der Waals surface area contributed by atoms with Gasteiger partial charge in [-0.2, -0.15) is 0 Å². The van der Waals surface area contributed by atoms with Crippen LogP contribution in [0.4, 0.5) is 13.2 Å². The van der Waals surface area contributed by atoms with Gasteiger partial charge in [0.25, 0.3) is 0 Å². The van der Waals surface area contributed by atoms with Crippen molar-refractivity contribution in [1.29, 1.82) is 0 Å². The quantitative estimate of drug-likeness (QED) is 0.389. The lowest BCUT2D eigenvalue weighted by atomic mass is 9.80. The Morgan fingerprint density at radius 2 is 1.84 bits per heavy atom. The number of hydrogen-bond acceptors (Lipinski definition) is 4. The molecular formula is C29H33ClF3NO4. The van der Waals surface area contributed by atoms with Crippen LogP contribution in [0.2, 0.25) is 5.02 Å². The van der Waals surface area contributed by atoms with Gasteiger partial charge in [-0.25, -0.2) is 0 Å². The van der Waals surface area contributed by atoms with Gasteiger partial charge in [0.2, 0.25) is 0 Å². The molecule has 1 spiro atoms. The molecule has 5 nitrogen and oxygen atoms in total. The smallest absolute Gasteiger partial charge is 0.487 e. The van der Waals surface area contributed by atoms with Gasteiger partial charge in [0.1, 0.15) is 17.1 Å². The third-order valence-electron chi connectivity index (χ3n) is 8.62. The number of halogens is 4. The fourth-order valence-corrected chi connectivity index (χ4v) is 6.42. The van der Waals surface area contributed by atoms with E-state index < -0.39 is 18.2 Å². The molecule has 38 heavy (non-hydrogen) atoms. The lowest BCUT2D eigenvalue weighted by Crippen LogP contribution is -2.50. The number of ether oxygens (including phenoxy) is 2. The molecule has 2 aromatic carbocycles. The minimum Gasteiger partial charge on any atom is -0.487 e. The van der Waals surface area contributed by atoms with E-state index in [2.05, 4.69) is 27.8 Å². The van der Waals surface area contributed by atoms with Gasteiger partial charge < -0.3 is 14.6 Å². The van der Waals surface area contributed by atoms with Crippen LogP contribution in [0.3, 0.4) is 0 Å². The first-order chi connectivity index (χ1) is 17.9. The number of piperidine rings is 1. The molecule has 0 amide bonds. The van der Waals surface area contributed by atoms with Crippen molar-refractivity contribution in [3.8, 4) is 11.5 Å². The number of likely N-dealkylation sites (tertiary alicyclic amines) is 1. The summed E-state index contributed by atoms with van der Waals surface area (Å²) < 4.78 is 49.9. The van der Waals surface area contributed by atoms with Gasteiger partial charge in [0, 0.05) is 29.7 Å². The van der Waals surface area contributed by atoms with Crippen molar-refractivity contribution < 1.29 is 32.5 Å². The zero-order valence-electron chi connectivity index (χ0n) is 21.6. The van der Waals surface area contributed by atoms with Gasteiger partial charge in [-0.15, -0.1) is 13.2 Å². The number of fused-ring (bicyclic) bond motifs is 1. The Balaban J connectivity index is 1.30. The monoisotopic (exact) mass is 551 g/mol. The molecule has 1 saturated carbocycles. The Morgan fingerprint density at radius 3 is 2.47 bits per heavy atom. The number of rotatable bonds is 7. The number of benzene rings is 2. The fraction of sp³-hybridized carbons (Fsp3) is 0.552. The van der Waals surface area contributed by atoms with Crippen LogP contribution in [0.25, 0.3) is 0 Å². The Morgan fingerprint density at radius 1 is 1.13 bits per heavy atom. The molecule has 0 aromatic heterocycles. The van der Waals surface area contributed by atoms with Crippen LogP contribution in [0.5, 0.6) is 11.5 Å². The summed E-state index contributed by atoms with van der Waals surface area (Å²) in [5, 5.41) is 10.0. The summed E-state index contributed by atoms with van der Waals surface area (Å²) in [7, 11) is 0. The number of aliphatic carboxylic acids is 1. The summed E-state index contributed by atoms with van der Waals surface area (Å²) in [6, 6.07) is 10.1. The molecule has 1 N–H and O–H groups in total. The van der Waals surface area contributed by atoms with Crippen LogP contribution in [-0.4, -0.2) is 41.0 Å². The average Bonchev–Trinajstić information content (AvgIpc) is 3.69. The van der Waals surface area contributed by atoms with E-state index in [4.69, 9.17) is 16.3 Å². The third-order valence-corrected chi connectivity index (χ3v) is 8.85. The maximum absolute atomic E-state index is 13.0. The highest BCUT2D eigenvalue weighted by molar-refractivity contribution is 6.30. The molecule has 1 aliphatic carbocycles. The molecular weight excluding hydrogens is 519 g/mol. The molecule has 9 heteroatoms. The van der Waals surface area contributed by atoms with E-state index in [9.17, 15) is 23.1 Å². The van der Waals surface area contributed by atoms with Crippen molar-refractivity contribution in [2.45, 2.75) is 76.3 Å². The van der Waals surface area contributed by atoms with Crippen LogP contribution in [0.15, 0.2) is 36.4 Å². The van der Waals surface area contributed by atoms with Crippen molar-refractivity contribution in [3.63, 3.8) is 0 Å². The average molecular weight is 552 g/mol. The normalized spacial score (nSPS) is 21.7. The van der Waals surface area contributed by atoms with Crippen LogP contribution < -0.4 is 9.47 Å². The Labute approximate surface area is 225 Å². The molecule has 0 bridgehead atoms. The molecule has 1 saturated heterocycles. The maximum atomic E-state index is 13.0. The molecule has 206 valence electrons. The van der Waals surface area contributed by atoms with Crippen LogP contribution >= 0.6 is 11.6 Å². The van der Waals surface area contributed by atoms with Gasteiger partial charge in [-0.3, -0.25) is 9.69 Å². The van der Waals surface area contributed by atoms with Crippen molar-refractivity contribution in [2.24, 2.45) is 11.8 Å². The SMILES string of the molecule is C[C@H](C(=O)O)[C@H](c1ccc2c(c1)OC1(CC2)CCN([C@H](C)c2cc(Cl)ccc2OC(F)(F)F)CC1)C1CC1. The van der Waals surface area contributed by atoms with Gasteiger partial charge in [-0.05, 0) is 92.7 Å². The van der Waals surface area contributed by atoms with E-state index in [1.54, 1.807) is 13.0 Å². The minimum atomic E-state index is -4.78. The number of alkyl halides is 3. The molecule has 5 rings (SSSR count). The Bertz CT molecular complexity index is 1190. The summed E-state index contributed by atoms with van der Waals surface area (Å²) in [6.45, 7) is 4.98. The second kappa shape index (κ2) is 10.3. The first kappa shape index (κ1) is 27.1.